The molecular formula is C17H18N2OS. The fourth-order valence-corrected chi connectivity index (χ4v) is 3.15. The summed E-state index contributed by atoms with van der Waals surface area (Å²) in [6.07, 6.45) is 0.595. The molecule has 3 rings (SSSR count). The maximum atomic E-state index is 12.1. The van der Waals surface area contributed by atoms with E-state index in [1.807, 2.05) is 42.5 Å². The second-order valence-electron chi connectivity index (χ2n) is 5.19. The van der Waals surface area contributed by atoms with Gasteiger partial charge in [0.25, 0.3) is 0 Å². The molecule has 0 saturated carbocycles. The quantitative estimate of drug-likeness (QED) is 0.889. The molecule has 1 heterocycles. The number of carbonyl (C=O) groups excluding carboxylic acids is 1. The van der Waals surface area contributed by atoms with E-state index in [0.717, 1.165) is 23.7 Å². The van der Waals surface area contributed by atoms with Crippen LogP contribution in [0.15, 0.2) is 64.4 Å². The SMILES string of the molecule is O=C(CC1CNC1)Nc1ccccc1Sc1ccccc1. The van der Waals surface area contributed by atoms with Crippen LogP contribution in [0.2, 0.25) is 0 Å². The molecular weight excluding hydrogens is 280 g/mol. The summed E-state index contributed by atoms with van der Waals surface area (Å²) >= 11 is 1.67. The molecule has 0 aliphatic carbocycles. The van der Waals surface area contributed by atoms with Gasteiger partial charge in [-0.05, 0) is 43.3 Å². The topological polar surface area (TPSA) is 41.1 Å². The molecule has 2 aromatic carbocycles. The van der Waals surface area contributed by atoms with Gasteiger partial charge in [-0.2, -0.15) is 0 Å². The minimum atomic E-state index is 0.0996. The number of anilines is 1. The van der Waals surface area contributed by atoms with Crippen LogP contribution in [-0.2, 0) is 4.79 Å². The van der Waals surface area contributed by atoms with Crippen LogP contribution in [0.5, 0.6) is 0 Å². The Morgan fingerprint density at radius 3 is 2.52 bits per heavy atom. The van der Waals surface area contributed by atoms with Crippen molar-refractivity contribution in [3.05, 3.63) is 54.6 Å². The van der Waals surface area contributed by atoms with Crippen molar-refractivity contribution in [3.63, 3.8) is 0 Å². The van der Waals surface area contributed by atoms with E-state index in [-0.39, 0.29) is 5.91 Å². The minimum absolute atomic E-state index is 0.0996. The third kappa shape index (κ3) is 3.86. The normalized spacial score (nSPS) is 14.5. The van der Waals surface area contributed by atoms with E-state index in [9.17, 15) is 4.79 Å². The first kappa shape index (κ1) is 14.2. The molecule has 0 spiro atoms. The third-order valence-electron chi connectivity index (χ3n) is 3.47. The summed E-state index contributed by atoms with van der Waals surface area (Å²) in [5, 5.41) is 6.23. The zero-order valence-corrected chi connectivity index (χ0v) is 12.5. The lowest BCUT2D eigenvalue weighted by Crippen LogP contribution is -2.43. The van der Waals surface area contributed by atoms with E-state index in [0.29, 0.717) is 12.3 Å². The van der Waals surface area contributed by atoms with Crippen molar-refractivity contribution in [3.8, 4) is 0 Å². The summed E-state index contributed by atoms with van der Waals surface area (Å²) in [7, 11) is 0. The molecule has 0 atom stereocenters. The lowest BCUT2D eigenvalue weighted by atomic mass is 9.99. The number of rotatable bonds is 5. The Kier molecular flexibility index (Phi) is 4.58. The van der Waals surface area contributed by atoms with E-state index in [4.69, 9.17) is 0 Å². The van der Waals surface area contributed by atoms with Gasteiger partial charge in [0.1, 0.15) is 0 Å². The third-order valence-corrected chi connectivity index (χ3v) is 4.56. The first-order valence-electron chi connectivity index (χ1n) is 7.14. The molecule has 0 bridgehead atoms. The van der Waals surface area contributed by atoms with Gasteiger partial charge in [0.15, 0.2) is 0 Å². The van der Waals surface area contributed by atoms with Gasteiger partial charge in [-0.3, -0.25) is 4.79 Å². The highest BCUT2D eigenvalue weighted by atomic mass is 32.2. The largest absolute Gasteiger partial charge is 0.325 e. The van der Waals surface area contributed by atoms with Crippen LogP contribution in [0.1, 0.15) is 6.42 Å². The van der Waals surface area contributed by atoms with Crippen molar-refractivity contribution in [2.24, 2.45) is 5.92 Å². The van der Waals surface area contributed by atoms with Crippen LogP contribution in [-0.4, -0.2) is 19.0 Å². The van der Waals surface area contributed by atoms with Crippen molar-refractivity contribution in [2.45, 2.75) is 16.2 Å². The zero-order chi connectivity index (χ0) is 14.5. The molecule has 1 fully saturated rings. The molecule has 108 valence electrons. The van der Waals surface area contributed by atoms with Crippen LogP contribution >= 0.6 is 11.8 Å². The fourth-order valence-electron chi connectivity index (χ4n) is 2.23. The molecule has 2 aromatic rings. The van der Waals surface area contributed by atoms with E-state index < -0.39 is 0 Å². The van der Waals surface area contributed by atoms with E-state index >= 15 is 0 Å². The van der Waals surface area contributed by atoms with Gasteiger partial charge in [0.05, 0.1) is 5.69 Å². The highest BCUT2D eigenvalue weighted by Gasteiger charge is 2.20. The van der Waals surface area contributed by atoms with Crippen molar-refractivity contribution in [1.29, 1.82) is 0 Å². The van der Waals surface area contributed by atoms with Crippen LogP contribution in [0.3, 0.4) is 0 Å². The molecule has 0 radical (unpaired) electrons. The van der Waals surface area contributed by atoms with Crippen LogP contribution in [0, 0.1) is 5.92 Å². The fraction of sp³-hybridized carbons (Fsp3) is 0.235. The second-order valence-corrected chi connectivity index (χ2v) is 6.30. The van der Waals surface area contributed by atoms with Crippen LogP contribution < -0.4 is 10.6 Å². The maximum Gasteiger partial charge on any atom is 0.224 e. The molecule has 0 unspecified atom stereocenters. The monoisotopic (exact) mass is 298 g/mol. The van der Waals surface area contributed by atoms with Crippen molar-refractivity contribution >= 4 is 23.4 Å². The average Bonchev–Trinajstić information content (AvgIpc) is 2.46. The Bertz CT molecular complexity index is 611. The molecule has 0 aromatic heterocycles. The average molecular weight is 298 g/mol. The van der Waals surface area contributed by atoms with Gasteiger partial charge in [0.2, 0.25) is 5.91 Å². The predicted molar refractivity (Wildman–Crippen MR) is 86.6 cm³/mol. The minimum Gasteiger partial charge on any atom is -0.325 e. The molecule has 1 saturated heterocycles. The van der Waals surface area contributed by atoms with Gasteiger partial charge in [-0.1, -0.05) is 42.1 Å². The van der Waals surface area contributed by atoms with E-state index in [2.05, 4.69) is 22.8 Å². The van der Waals surface area contributed by atoms with Gasteiger partial charge < -0.3 is 10.6 Å². The Labute approximate surface area is 129 Å². The van der Waals surface area contributed by atoms with Crippen LogP contribution in [0.4, 0.5) is 5.69 Å². The number of amides is 1. The van der Waals surface area contributed by atoms with Gasteiger partial charge in [-0.15, -0.1) is 0 Å². The molecule has 3 nitrogen and oxygen atoms in total. The molecule has 2 N–H and O–H groups in total. The summed E-state index contributed by atoms with van der Waals surface area (Å²) in [5.41, 5.74) is 0.892. The molecule has 1 aliphatic rings. The summed E-state index contributed by atoms with van der Waals surface area (Å²) in [5.74, 6) is 0.585. The van der Waals surface area contributed by atoms with E-state index in [1.54, 1.807) is 11.8 Å². The van der Waals surface area contributed by atoms with Gasteiger partial charge in [0, 0.05) is 16.2 Å². The summed E-state index contributed by atoms with van der Waals surface area (Å²) in [6.45, 7) is 1.90. The second kappa shape index (κ2) is 6.78. The Morgan fingerprint density at radius 1 is 1.10 bits per heavy atom. The van der Waals surface area contributed by atoms with E-state index in [1.165, 1.54) is 4.90 Å². The lowest BCUT2D eigenvalue weighted by molar-refractivity contribution is -0.117. The lowest BCUT2D eigenvalue weighted by Gasteiger charge is -2.26. The summed E-state index contributed by atoms with van der Waals surface area (Å²) in [4.78, 5) is 14.3. The molecule has 21 heavy (non-hydrogen) atoms. The molecule has 1 aliphatic heterocycles. The van der Waals surface area contributed by atoms with Crippen LogP contribution in [0.25, 0.3) is 0 Å². The first-order chi connectivity index (χ1) is 10.3. The van der Waals surface area contributed by atoms with Crippen molar-refractivity contribution in [1.82, 2.24) is 5.32 Å². The molecule has 1 amide bonds. The number of hydrogen-bond acceptors (Lipinski definition) is 3. The highest BCUT2D eigenvalue weighted by Crippen LogP contribution is 2.33. The standard InChI is InChI=1S/C17H18N2OS/c20-17(10-13-11-18-12-13)19-15-8-4-5-9-16(15)21-14-6-2-1-3-7-14/h1-9,13,18H,10-12H2,(H,19,20). The highest BCUT2D eigenvalue weighted by molar-refractivity contribution is 7.99. The summed E-state index contributed by atoms with van der Waals surface area (Å²) in [6, 6.07) is 18.1. The van der Waals surface area contributed by atoms with Crippen molar-refractivity contribution < 1.29 is 4.79 Å². The Hall–Kier alpha value is -1.78. The Morgan fingerprint density at radius 2 is 1.81 bits per heavy atom. The first-order valence-corrected chi connectivity index (χ1v) is 7.95. The van der Waals surface area contributed by atoms with Gasteiger partial charge >= 0.3 is 0 Å². The number of carbonyl (C=O) groups is 1. The number of nitrogens with one attached hydrogen (secondary N) is 2. The smallest absolute Gasteiger partial charge is 0.224 e. The predicted octanol–water partition coefficient (Wildman–Crippen LogP) is 3.39. The number of hydrogen-bond donors (Lipinski definition) is 2. The maximum absolute atomic E-state index is 12.1. The van der Waals surface area contributed by atoms with Crippen molar-refractivity contribution in [2.75, 3.05) is 18.4 Å². The van der Waals surface area contributed by atoms with Gasteiger partial charge in [-0.25, -0.2) is 0 Å². The molecule has 4 heteroatoms. The Balaban J connectivity index is 1.68. The number of para-hydroxylation sites is 1. The zero-order valence-electron chi connectivity index (χ0n) is 11.7. The number of benzene rings is 2. The summed E-state index contributed by atoms with van der Waals surface area (Å²) < 4.78 is 0.